The van der Waals surface area contributed by atoms with Crippen molar-refractivity contribution >= 4 is 6.03 Å². The van der Waals surface area contributed by atoms with E-state index in [1.165, 1.54) is 17.0 Å². The number of piperazine rings is 1. The monoisotopic (exact) mass is 278 g/mol. The molecule has 1 aliphatic heterocycles. The summed E-state index contributed by atoms with van der Waals surface area (Å²) in [7, 11) is 0. The van der Waals surface area contributed by atoms with Crippen molar-refractivity contribution in [2.24, 2.45) is 0 Å². The van der Waals surface area contributed by atoms with E-state index in [1.54, 1.807) is 0 Å². The molecule has 1 aliphatic rings. The van der Waals surface area contributed by atoms with Gasteiger partial charge in [0.1, 0.15) is 0 Å². The van der Waals surface area contributed by atoms with E-state index < -0.39 is 0 Å². The van der Waals surface area contributed by atoms with Crippen LogP contribution in [-0.2, 0) is 6.54 Å². The molecule has 112 valence electrons. The summed E-state index contributed by atoms with van der Waals surface area (Å²) in [4.78, 5) is 14.0. The quantitative estimate of drug-likeness (QED) is 0.886. The van der Waals surface area contributed by atoms with Gasteiger partial charge in [0.15, 0.2) is 0 Å². The van der Waals surface area contributed by atoms with E-state index in [0.717, 1.165) is 26.2 Å². The number of hydrogen-bond donors (Lipinski definition) is 2. The number of nitrogens with zero attached hydrogens (tertiary/aromatic N) is 2. The Balaban J connectivity index is 1.97. The molecule has 0 atom stereocenters. The Bertz CT molecular complexity index is 472. The average molecular weight is 278 g/mol. The molecule has 0 saturated carbocycles. The van der Waals surface area contributed by atoms with Crippen molar-refractivity contribution in [3.63, 3.8) is 0 Å². The van der Waals surface area contributed by atoms with Gasteiger partial charge in [-0.3, -0.25) is 0 Å². The third-order valence-electron chi connectivity index (χ3n) is 3.94. The summed E-state index contributed by atoms with van der Waals surface area (Å²) in [6.45, 7) is 12.6. The van der Waals surface area contributed by atoms with Gasteiger partial charge in [0.05, 0.1) is 0 Å². The molecule has 2 amide bonds. The summed E-state index contributed by atoms with van der Waals surface area (Å²) < 4.78 is 2.31. The van der Waals surface area contributed by atoms with Crippen molar-refractivity contribution < 1.29 is 4.79 Å². The molecule has 1 fully saturated rings. The zero-order chi connectivity index (χ0) is 14.7. The van der Waals surface area contributed by atoms with E-state index in [9.17, 15) is 4.79 Å². The zero-order valence-electron chi connectivity index (χ0n) is 13.0. The highest BCUT2D eigenvalue weighted by Gasteiger charge is 2.17. The van der Waals surface area contributed by atoms with Crippen LogP contribution < -0.4 is 10.6 Å². The lowest BCUT2D eigenvalue weighted by molar-refractivity contribution is 0.189. The molecule has 0 unspecified atom stereocenters. The molecule has 0 spiro atoms. The maximum atomic E-state index is 12.1. The molecule has 5 heteroatoms. The minimum atomic E-state index is 0.0425. The normalized spacial score (nSPS) is 15.8. The molecule has 0 radical (unpaired) electrons. The minimum Gasteiger partial charge on any atom is -0.346 e. The van der Waals surface area contributed by atoms with Crippen LogP contribution in [0.3, 0.4) is 0 Å². The van der Waals surface area contributed by atoms with Crippen LogP contribution in [0.25, 0.3) is 0 Å². The van der Waals surface area contributed by atoms with Crippen molar-refractivity contribution in [2.75, 3.05) is 26.2 Å². The van der Waals surface area contributed by atoms with Crippen LogP contribution in [0.4, 0.5) is 4.79 Å². The molecule has 0 bridgehead atoms. The molecule has 2 rings (SSSR count). The Kier molecular flexibility index (Phi) is 4.70. The lowest BCUT2D eigenvalue weighted by Gasteiger charge is -2.27. The van der Waals surface area contributed by atoms with Gasteiger partial charge in [-0.05, 0) is 39.3 Å². The zero-order valence-corrected chi connectivity index (χ0v) is 13.0. The van der Waals surface area contributed by atoms with Gasteiger partial charge in [-0.2, -0.15) is 0 Å². The molecule has 0 aromatic carbocycles. The first-order valence-electron chi connectivity index (χ1n) is 7.41. The van der Waals surface area contributed by atoms with Gasteiger partial charge in [-0.25, -0.2) is 4.79 Å². The molecular formula is C15H26N4O. The van der Waals surface area contributed by atoms with Gasteiger partial charge in [0, 0.05) is 50.2 Å². The average Bonchev–Trinajstić information content (AvgIpc) is 2.71. The second-order valence-corrected chi connectivity index (χ2v) is 5.76. The lowest BCUT2D eigenvalue weighted by atomic mass is 10.2. The van der Waals surface area contributed by atoms with Gasteiger partial charge < -0.3 is 20.1 Å². The number of hydrogen-bond acceptors (Lipinski definition) is 2. The molecule has 1 aromatic heterocycles. The number of aromatic nitrogens is 1. The van der Waals surface area contributed by atoms with E-state index in [1.807, 2.05) is 4.90 Å². The highest BCUT2D eigenvalue weighted by atomic mass is 16.2. The number of carbonyl (C=O) groups is 1. The summed E-state index contributed by atoms with van der Waals surface area (Å²) in [6.07, 6.45) is 0. The van der Waals surface area contributed by atoms with Crippen LogP contribution in [0.15, 0.2) is 6.07 Å². The second-order valence-electron chi connectivity index (χ2n) is 5.76. The molecule has 1 aromatic rings. The lowest BCUT2D eigenvalue weighted by Crippen LogP contribution is -2.50. The number of aryl methyl sites for hydroxylation is 1. The van der Waals surface area contributed by atoms with E-state index in [0.29, 0.717) is 12.6 Å². The van der Waals surface area contributed by atoms with Gasteiger partial charge in [0.2, 0.25) is 0 Å². The first kappa shape index (κ1) is 14.9. The Labute approximate surface area is 121 Å². The molecule has 2 heterocycles. The van der Waals surface area contributed by atoms with Crippen molar-refractivity contribution in [3.8, 4) is 0 Å². The largest absolute Gasteiger partial charge is 0.346 e. The van der Waals surface area contributed by atoms with Crippen LogP contribution >= 0.6 is 0 Å². The van der Waals surface area contributed by atoms with Gasteiger partial charge in [0.25, 0.3) is 0 Å². The van der Waals surface area contributed by atoms with Crippen molar-refractivity contribution in [2.45, 2.75) is 40.3 Å². The van der Waals surface area contributed by atoms with Crippen molar-refractivity contribution in [1.29, 1.82) is 0 Å². The molecule has 5 nitrogen and oxygen atoms in total. The van der Waals surface area contributed by atoms with Crippen molar-refractivity contribution in [3.05, 3.63) is 23.0 Å². The first-order chi connectivity index (χ1) is 9.50. The van der Waals surface area contributed by atoms with E-state index in [4.69, 9.17) is 0 Å². The minimum absolute atomic E-state index is 0.0425. The van der Waals surface area contributed by atoms with Crippen LogP contribution in [0.5, 0.6) is 0 Å². The summed E-state index contributed by atoms with van der Waals surface area (Å²) >= 11 is 0. The maximum Gasteiger partial charge on any atom is 0.317 e. The standard InChI is InChI=1S/C15H26N4O/c1-11(2)19-12(3)9-14(13(19)4)10-17-15(20)18-7-5-16-6-8-18/h9,11,16H,5-8,10H2,1-4H3,(H,17,20). The summed E-state index contributed by atoms with van der Waals surface area (Å²) in [6, 6.07) is 2.67. The fourth-order valence-electron chi connectivity index (χ4n) is 2.97. The predicted molar refractivity (Wildman–Crippen MR) is 81.0 cm³/mol. The Hall–Kier alpha value is -1.49. The Morgan fingerprint density at radius 2 is 2.00 bits per heavy atom. The summed E-state index contributed by atoms with van der Waals surface area (Å²) in [5, 5.41) is 6.29. The SMILES string of the molecule is Cc1cc(CNC(=O)N2CCNCC2)c(C)n1C(C)C. The van der Waals surface area contributed by atoms with Gasteiger partial charge >= 0.3 is 6.03 Å². The van der Waals surface area contributed by atoms with Crippen molar-refractivity contribution in [1.82, 2.24) is 20.1 Å². The van der Waals surface area contributed by atoms with Crippen LogP contribution in [-0.4, -0.2) is 41.7 Å². The molecule has 20 heavy (non-hydrogen) atoms. The van der Waals surface area contributed by atoms with E-state index in [-0.39, 0.29) is 6.03 Å². The third kappa shape index (κ3) is 3.15. The number of urea groups is 1. The predicted octanol–water partition coefficient (Wildman–Crippen LogP) is 1.80. The summed E-state index contributed by atoms with van der Waals surface area (Å²) in [5.74, 6) is 0. The fourth-order valence-corrected chi connectivity index (χ4v) is 2.97. The number of nitrogens with one attached hydrogen (secondary N) is 2. The topological polar surface area (TPSA) is 49.3 Å². The summed E-state index contributed by atoms with van der Waals surface area (Å²) in [5.41, 5.74) is 3.71. The Morgan fingerprint density at radius 3 is 2.55 bits per heavy atom. The first-order valence-corrected chi connectivity index (χ1v) is 7.41. The number of rotatable bonds is 3. The molecular weight excluding hydrogens is 252 g/mol. The maximum absolute atomic E-state index is 12.1. The third-order valence-corrected chi connectivity index (χ3v) is 3.94. The highest BCUT2D eigenvalue weighted by molar-refractivity contribution is 5.74. The Morgan fingerprint density at radius 1 is 1.35 bits per heavy atom. The van der Waals surface area contributed by atoms with Gasteiger partial charge in [-0.1, -0.05) is 0 Å². The molecule has 2 N–H and O–H groups in total. The number of amides is 2. The number of carbonyl (C=O) groups excluding carboxylic acids is 1. The van der Waals surface area contributed by atoms with Crippen LogP contribution in [0, 0.1) is 13.8 Å². The van der Waals surface area contributed by atoms with E-state index in [2.05, 4.69) is 49.0 Å². The molecule has 1 saturated heterocycles. The second kappa shape index (κ2) is 6.31. The molecule has 0 aliphatic carbocycles. The van der Waals surface area contributed by atoms with Gasteiger partial charge in [-0.15, -0.1) is 0 Å². The fraction of sp³-hybridized carbons (Fsp3) is 0.667. The van der Waals surface area contributed by atoms with Crippen LogP contribution in [0.2, 0.25) is 0 Å². The smallest absolute Gasteiger partial charge is 0.317 e. The highest BCUT2D eigenvalue weighted by Crippen LogP contribution is 2.19. The van der Waals surface area contributed by atoms with E-state index >= 15 is 0 Å². The van der Waals surface area contributed by atoms with Crippen LogP contribution in [0.1, 0.15) is 36.8 Å².